The van der Waals surface area contributed by atoms with E-state index in [0.29, 0.717) is 22.2 Å². The summed E-state index contributed by atoms with van der Waals surface area (Å²) in [6.45, 7) is 6.37. The molecular weight excluding hydrogens is 384 g/mol. The summed E-state index contributed by atoms with van der Waals surface area (Å²) in [5.41, 5.74) is 3.59. The molecule has 0 radical (unpaired) electrons. The van der Waals surface area contributed by atoms with Gasteiger partial charge in [0.25, 0.3) is 5.91 Å². The Morgan fingerprint density at radius 3 is 2.52 bits per heavy atom. The van der Waals surface area contributed by atoms with Crippen LogP contribution in [0.4, 0.5) is 0 Å². The van der Waals surface area contributed by atoms with E-state index in [0.717, 1.165) is 17.0 Å². The van der Waals surface area contributed by atoms with E-state index >= 15 is 0 Å². The van der Waals surface area contributed by atoms with E-state index in [1.54, 1.807) is 9.58 Å². The van der Waals surface area contributed by atoms with E-state index < -0.39 is 0 Å². The van der Waals surface area contributed by atoms with E-state index in [2.05, 4.69) is 10.1 Å². The first kappa shape index (κ1) is 21.1. The Kier molecular flexibility index (Phi) is 7.12. The molecule has 0 bridgehead atoms. The highest BCUT2D eigenvalue weighted by Gasteiger charge is 2.22. The Bertz CT molecular complexity index is 908. The molecule has 0 saturated carbocycles. The second-order valence-electron chi connectivity index (χ2n) is 6.19. The fourth-order valence-electron chi connectivity index (χ4n) is 2.81. The zero-order chi connectivity index (χ0) is 18.7. The number of nitrogens with zero attached hydrogens (tertiary/aromatic N) is 4. The highest BCUT2D eigenvalue weighted by atomic mass is 35.5. The molecule has 0 fully saturated rings. The molecule has 3 rings (SSSR count). The molecule has 2 heterocycles. The van der Waals surface area contributed by atoms with Crippen molar-refractivity contribution >= 4 is 29.7 Å². The van der Waals surface area contributed by atoms with Crippen LogP contribution in [0.2, 0.25) is 0 Å². The predicted octanol–water partition coefficient (Wildman–Crippen LogP) is 3.31. The molecule has 1 amide bonds. The minimum atomic E-state index is -0.120. The standard InChI is InChI=1S/C19H22N4O2S.ClH/c1-13-11-14(2)23(21-13)19-20-15(3)17(26-19)18(25)22(9-10-24)12-16-7-5-4-6-8-16;/h4-8,11,24H,9-10,12H2,1-3H3;1H. The predicted molar refractivity (Wildman–Crippen MR) is 109 cm³/mol. The lowest BCUT2D eigenvalue weighted by Gasteiger charge is -2.21. The number of carbonyl (C=O) groups excluding carboxylic acids is 1. The number of aliphatic hydroxyl groups is 1. The van der Waals surface area contributed by atoms with E-state index in [9.17, 15) is 9.90 Å². The van der Waals surface area contributed by atoms with Crippen molar-refractivity contribution in [2.24, 2.45) is 0 Å². The van der Waals surface area contributed by atoms with Crippen molar-refractivity contribution < 1.29 is 9.90 Å². The summed E-state index contributed by atoms with van der Waals surface area (Å²) in [4.78, 5) is 19.8. The molecular formula is C19H23ClN4O2S. The maximum absolute atomic E-state index is 13.1. The number of rotatable bonds is 6. The maximum Gasteiger partial charge on any atom is 0.266 e. The number of benzene rings is 1. The van der Waals surface area contributed by atoms with E-state index in [-0.39, 0.29) is 31.5 Å². The SMILES string of the molecule is Cc1cc(C)n(-c2nc(C)c(C(=O)N(CCO)Cc3ccccc3)s2)n1.Cl. The smallest absolute Gasteiger partial charge is 0.266 e. The first-order valence-corrected chi connectivity index (χ1v) is 9.26. The minimum Gasteiger partial charge on any atom is -0.395 e. The summed E-state index contributed by atoms with van der Waals surface area (Å²) >= 11 is 1.33. The Hall–Kier alpha value is -2.22. The normalized spacial score (nSPS) is 10.5. The van der Waals surface area contributed by atoms with Gasteiger partial charge in [-0.05, 0) is 32.4 Å². The number of halogens is 1. The molecule has 1 N–H and O–H groups in total. The molecule has 144 valence electrons. The van der Waals surface area contributed by atoms with Gasteiger partial charge in [0, 0.05) is 18.8 Å². The van der Waals surface area contributed by atoms with Crippen LogP contribution in [0.3, 0.4) is 0 Å². The highest BCUT2D eigenvalue weighted by molar-refractivity contribution is 7.16. The average Bonchev–Trinajstić information content (AvgIpc) is 3.16. The number of aliphatic hydroxyl groups excluding tert-OH is 1. The number of aromatic nitrogens is 3. The summed E-state index contributed by atoms with van der Waals surface area (Å²) in [7, 11) is 0. The molecule has 3 aromatic rings. The monoisotopic (exact) mass is 406 g/mol. The average molecular weight is 407 g/mol. The highest BCUT2D eigenvalue weighted by Crippen LogP contribution is 2.24. The first-order chi connectivity index (χ1) is 12.5. The van der Waals surface area contributed by atoms with Crippen LogP contribution in [0, 0.1) is 20.8 Å². The van der Waals surface area contributed by atoms with Crippen LogP contribution in [-0.4, -0.2) is 43.8 Å². The van der Waals surface area contributed by atoms with Crippen LogP contribution >= 0.6 is 23.7 Å². The third-order valence-electron chi connectivity index (χ3n) is 4.04. The number of thiazole rings is 1. The quantitative estimate of drug-likeness (QED) is 0.681. The number of carbonyl (C=O) groups is 1. The van der Waals surface area contributed by atoms with E-state index in [4.69, 9.17) is 0 Å². The summed E-state index contributed by atoms with van der Waals surface area (Å²) in [6, 6.07) is 11.7. The largest absolute Gasteiger partial charge is 0.395 e. The van der Waals surface area contributed by atoms with Gasteiger partial charge in [-0.2, -0.15) is 5.10 Å². The molecule has 0 unspecified atom stereocenters. The van der Waals surface area contributed by atoms with E-state index in [1.165, 1.54) is 11.3 Å². The fourth-order valence-corrected chi connectivity index (χ4v) is 3.86. The van der Waals surface area contributed by atoms with Crippen molar-refractivity contribution in [1.82, 2.24) is 19.7 Å². The van der Waals surface area contributed by atoms with Gasteiger partial charge < -0.3 is 10.0 Å². The molecule has 1 aromatic carbocycles. The summed E-state index contributed by atoms with van der Waals surface area (Å²) in [5.74, 6) is -0.120. The van der Waals surface area contributed by atoms with Crippen molar-refractivity contribution in [2.45, 2.75) is 27.3 Å². The van der Waals surface area contributed by atoms with Crippen molar-refractivity contribution in [1.29, 1.82) is 0 Å². The zero-order valence-electron chi connectivity index (χ0n) is 15.5. The zero-order valence-corrected chi connectivity index (χ0v) is 17.2. The third-order valence-corrected chi connectivity index (χ3v) is 5.16. The van der Waals surface area contributed by atoms with Gasteiger partial charge in [0.05, 0.1) is 18.0 Å². The van der Waals surface area contributed by atoms with Crippen LogP contribution in [0.1, 0.15) is 32.3 Å². The van der Waals surface area contributed by atoms with Crippen molar-refractivity contribution in [3.05, 3.63) is 63.9 Å². The minimum absolute atomic E-state index is 0. The second kappa shape index (κ2) is 9.12. The van der Waals surface area contributed by atoms with Gasteiger partial charge in [-0.1, -0.05) is 41.7 Å². The van der Waals surface area contributed by atoms with Crippen LogP contribution in [0.15, 0.2) is 36.4 Å². The number of amides is 1. The Morgan fingerprint density at radius 1 is 1.22 bits per heavy atom. The number of aryl methyl sites for hydroxylation is 3. The van der Waals surface area contributed by atoms with Crippen molar-refractivity contribution in [3.8, 4) is 5.13 Å². The van der Waals surface area contributed by atoms with Gasteiger partial charge in [0.2, 0.25) is 5.13 Å². The lowest BCUT2D eigenvalue weighted by atomic mass is 10.2. The number of hydrogen-bond donors (Lipinski definition) is 1. The summed E-state index contributed by atoms with van der Waals surface area (Å²) < 4.78 is 1.76. The van der Waals surface area contributed by atoms with Gasteiger partial charge >= 0.3 is 0 Å². The van der Waals surface area contributed by atoms with Crippen LogP contribution in [-0.2, 0) is 6.54 Å². The molecule has 0 saturated heterocycles. The molecule has 0 spiro atoms. The second-order valence-corrected chi connectivity index (χ2v) is 7.16. The molecule has 6 nitrogen and oxygen atoms in total. The molecule has 27 heavy (non-hydrogen) atoms. The van der Waals surface area contributed by atoms with Crippen molar-refractivity contribution in [2.75, 3.05) is 13.2 Å². The van der Waals surface area contributed by atoms with Gasteiger partial charge in [-0.25, -0.2) is 9.67 Å². The topological polar surface area (TPSA) is 71.2 Å². The summed E-state index contributed by atoms with van der Waals surface area (Å²) in [5, 5.41) is 14.5. The van der Waals surface area contributed by atoms with Gasteiger partial charge in [0.1, 0.15) is 4.88 Å². The van der Waals surface area contributed by atoms with Gasteiger partial charge in [0.15, 0.2) is 0 Å². The van der Waals surface area contributed by atoms with Crippen LogP contribution in [0.25, 0.3) is 5.13 Å². The Labute approximate surface area is 168 Å². The summed E-state index contributed by atoms with van der Waals surface area (Å²) in [6.07, 6.45) is 0. The molecule has 0 atom stereocenters. The molecule has 0 aliphatic rings. The van der Waals surface area contributed by atoms with Crippen LogP contribution in [0.5, 0.6) is 0 Å². The Morgan fingerprint density at radius 2 is 1.93 bits per heavy atom. The number of hydrogen-bond acceptors (Lipinski definition) is 5. The molecule has 0 aliphatic heterocycles. The Balaban J connectivity index is 0.00000261. The molecule has 8 heteroatoms. The molecule has 0 aliphatic carbocycles. The first-order valence-electron chi connectivity index (χ1n) is 8.44. The lowest BCUT2D eigenvalue weighted by Crippen LogP contribution is -2.33. The van der Waals surface area contributed by atoms with Crippen molar-refractivity contribution in [3.63, 3.8) is 0 Å². The molecule has 2 aromatic heterocycles. The lowest BCUT2D eigenvalue weighted by molar-refractivity contribution is 0.0711. The van der Waals surface area contributed by atoms with E-state index in [1.807, 2.05) is 57.2 Å². The maximum atomic E-state index is 13.1. The fraction of sp³-hybridized carbons (Fsp3) is 0.316. The van der Waals surface area contributed by atoms with Crippen LogP contribution < -0.4 is 0 Å². The van der Waals surface area contributed by atoms with Gasteiger partial charge in [-0.3, -0.25) is 4.79 Å². The van der Waals surface area contributed by atoms with Gasteiger partial charge in [-0.15, -0.1) is 12.4 Å². The third kappa shape index (κ3) is 4.74.